The fourth-order valence-electron chi connectivity index (χ4n) is 1.93. The van der Waals surface area contributed by atoms with E-state index in [1.165, 1.54) is 0 Å². The number of rotatable bonds is 4. The fraction of sp³-hybridized carbons (Fsp3) is 1.00. The van der Waals surface area contributed by atoms with Crippen molar-refractivity contribution >= 4 is 0 Å². The molecule has 1 N–H and O–H groups in total. The van der Waals surface area contributed by atoms with Gasteiger partial charge in [-0.1, -0.05) is 20.8 Å². The molecule has 0 bridgehead atoms. The molecule has 0 aromatic carbocycles. The predicted octanol–water partition coefficient (Wildman–Crippen LogP) is 3.74. The zero-order valence-corrected chi connectivity index (χ0v) is 10.3. The van der Waals surface area contributed by atoms with Gasteiger partial charge in [-0.2, -0.15) is 13.2 Å². The first-order valence-corrected chi connectivity index (χ1v) is 5.23. The summed E-state index contributed by atoms with van der Waals surface area (Å²) in [6.07, 6.45) is -3.98. The Balaban J connectivity index is 3.95. The first kappa shape index (κ1) is 14.8. The van der Waals surface area contributed by atoms with E-state index in [-0.39, 0.29) is 17.5 Å². The Hall–Kier alpha value is -0.250. The molecule has 0 aliphatic rings. The molecule has 1 nitrogen and oxygen atoms in total. The largest absolute Gasteiger partial charge is 0.390 e. The molecular formula is C11H22F3N. The molecule has 0 atom stereocenters. The van der Waals surface area contributed by atoms with E-state index >= 15 is 0 Å². The van der Waals surface area contributed by atoms with Crippen molar-refractivity contribution in [3.8, 4) is 0 Å². The van der Waals surface area contributed by atoms with Crippen molar-refractivity contribution in [1.29, 1.82) is 0 Å². The summed E-state index contributed by atoms with van der Waals surface area (Å²) < 4.78 is 35.8. The zero-order valence-electron chi connectivity index (χ0n) is 10.3. The van der Waals surface area contributed by atoms with Crippen LogP contribution in [0.4, 0.5) is 13.2 Å². The lowest BCUT2D eigenvalue weighted by Crippen LogP contribution is -2.43. The minimum absolute atomic E-state index is 0.00736. The summed E-state index contributed by atoms with van der Waals surface area (Å²) in [6.45, 7) is 10.1. The van der Waals surface area contributed by atoms with Crippen molar-refractivity contribution in [2.45, 2.75) is 59.2 Å². The number of hydrogen-bond donors (Lipinski definition) is 1. The van der Waals surface area contributed by atoms with Crippen molar-refractivity contribution in [3.63, 3.8) is 0 Å². The highest BCUT2D eigenvalue weighted by Crippen LogP contribution is 2.27. The molecule has 0 saturated heterocycles. The molecule has 0 amide bonds. The van der Waals surface area contributed by atoms with Gasteiger partial charge in [0.15, 0.2) is 0 Å². The lowest BCUT2D eigenvalue weighted by atomic mass is 9.82. The first-order chi connectivity index (χ1) is 6.41. The quantitative estimate of drug-likeness (QED) is 0.768. The molecule has 0 aliphatic carbocycles. The Labute approximate surface area is 90.4 Å². The highest BCUT2D eigenvalue weighted by atomic mass is 19.4. The lowest BCUT2D eigenvalue weighted by Gasteiger charge is -2.33. The van der Waals surface area contributed by atoms with Crippen LogP contribution in [-0.4, -0.2) is 18.3 Å². The molecule has 0 saturated carbocycles. The van der Waals surface area contributed by atoms with Gasteiger partial charge in [-0.05, 0) is 25.7 Å². The molecule has 92 valence electrons. The molecule has 0 fully saturated rings. The summed E-state index contributed by atoms with van der Waals surface area (Å²) in [6, 6.07) is 0. The third-order valence-electron chi connectivity index (χ3n) is 1.98. The topological polar surface area (TPSA) is 12.0 Å². The van der Waals surface area contributed by atoms with Gasteiger partial charge < -0.3 is 5.32 Å². The van der Waals surface area contributed by atoms with E-state index in [4.69, 9.17) is 0 Å². The molecule has 0 aromatic heterocycles. The van der Waals surface area contributed by atoms with Crippen molar-refractivity contribution in [3.05, 3.63) is 0 Å². The van der Waals surface area contributed by atoms with Crippen molar-refractivity contribution in [2.75, 3.05) is 6.54 Å². The van der Waals surface area contributed by atoms with Gasteiger partial charge in [0.1, 0.15) is 0 Å². The first-order valence-electron chi connectivity index (χ1n) is 5.23. The second kappa shape index (κ2) is 4.73. The van der Waals surface area contributed by atoms with E-state index in [0.29, 0.717) is 0 Å². The normalized spacial score (nSPS) is 14.4. The fourth-order valence-corrected chi connectivity index (χ4v) is 1.93. The molecule has 4 heteroatoms. The second-order valence-electron chi connectivity index (χ2n) is 5.91. The van der Waals surface area contributed by atoms with Crippen LogP contribution in [0.1, 0.15) is 47.5 Å². The average molecular weight is 225 g/mol. The Morgan fingerprint density at radius 1 is 0.933 bits per heavy atom. The molecule has 0 aliphatic heterocycles. The van der Waals surface area contributed by atoms with E-state index in [0.717, 1.165) is 6.42 Å². The van der Waals surface area contributed by atoms with Crippen LogP contribution in [0.3, 0.4) is 0 Å². The van der Waals surface area contributed by atoms with E-state index in [2.05, 4.69) is 26.1 Å². The van der Waals surface area contributed by atoms with Crippen LogP contribution < -0.4 is 5.32 Å². The summed E-state index contributed by atoms with van der Waals surface area (Å²) in [7, 11) is 0. The van der Waals surface area contributed by atoms with Gasteiger partial charge in [-0.25, -0.2) is 0 Å². The van der Waals surface area contributed by atoms with Crippen LogP contribution in [0.25, 0.3) is 0 Å². The Kier molecular flexibility index (Phi) is 4.65. The average Bonchev–Trinajstić information content (AvgIpc) is 1.75. The van der Waals surface area contributed by atoms with Crippen LogP contribution in [0.15, 0.2) is 0 Å². The van der Waals surface area contributed by atoms with Gasteiger partial charge in [0.25, 0.3) is 0 Å². The second-order valence-corrected chi connectivity index (χ2v) is 5.91. The summed E-state index contributed by atoms with van der Waals surface area (Å²) >= 11 is 0. The number of alkyl halides is 3. The maximum Gasteiger partial charge on any atom is 0.390 e. The molecule has 0 spiro atoms. The number of hydrogen-bond acceptors (Lipinski definition) is 1. The number of halogens is 3. The van der Waals surface area contributed by atoms with Crippen molar-refractivity contribution < 1.29 is 13.2 Å². The van der Waals surface area contributed by atoms with E-state index in [9.17, 15) is 13.2 Å². The van der Waals surface area contributed by atoms with Crippen LogP contribution in [0, 0.1) is 5.41 Å². The summed E-state index contributed by atoms with van der Waals surface area (Å²) in [5.41, 5.74) is -0.127. The van der Waals surface area contributed by atoms with E-state index < -0.39 is 12.6 Å². The van der Waals surface area contributed by atoms with Crippen LogP contribution >= 0.6 is 0 Å². The van der Waals surface area contributed by atoms with Gasteiger partial charge in [0.2, 0.25) is 0 Å². The molecule has 0 unspecified atom stereocenters. The molecule has 15 heavy (non-hydrogen) atoms. The molecule has 0 rings (SSSR count). The van der Waals surface area contributed by atoms with Gasteiger partial charge in [0.05, 0.1) is 6.42 Å². The van der Waals surface area contributed by atoms with Crippen LogP contribution in [-0.2, 0) is 0 Å². The van der Waals surface area contributed by atoms with E-state index in [1.54, 1.807) is 0 Å². The lowest BCUT2D eigenvalue weighted by molar-refractivity contribution is -0.134. The highest BCUT2D eigenvalue weighted by Gasteiger charge is 2.29. The predicted molar refractivity (Wildman–Crippen MR) is 56.8 cm³/mol. The molecule has 0 heterocycles. The van der Waals surface area contributed by atoms with Crippen LogP contribution in [0.5, 0.6) is 0 Å². The maximum absolute atomic E-state index is 11.9. The summed E-state index contributed by atoms with van der Waals surface area (Å²) in [4.78, 5) is 0. The third-order valence-corrected chi connectivity index (χ3v) is 1.98. The smallest absolute Gasteiger partial charge is 0.311 e. The maximum atomic E-state index is 11.9. The van der Waals surface area contributed by atoms with Crippen molar-refractivity contribution in [2.24, 2.45) is 5.41 Å². The van der Waals surface area contributed by atoms with E-state index in [1.807, 2.05) is 13.8 Å². The minimum atomic E-state index is -4.06. The monoisotopic (exact) mass is 225 g/mol. The van der Waals surface area contributed by atoms with Gasteiger partial charge in [0, 0.05) is 12.1 Å². The highest BCUT2D eigenvalue weighted by molar-refractivity contribution is 4.83. The SMILES string of the molecule is CC(C)(C)CC(C)(C)NCCC(F)(F)F. The van der Waals surface area contributed by atoms with Gasteiger partial charge >= 0.3 is 6.18 Å². The Morgan fingerprint density at radius 2 is 1.40 bits per heavy atom. The number of nitrogens with one attached hydrogen (secondary N) is 1. The van der Waals surface area contributed by atoms with Crippen molar-refractivity contribution in [1.82, 2.24) is 5.32 Å². The summed E-state index contributed by atoms with van der Waals surface area (Å²) in [5, 5.41) is 2.95. The Morgan fingerprint density at radius 3 is 1.73 bits per heavy atom. The molecular weight excluding hydrogens is 203 g/mol. The zero-order chi connectivity index (χ0) is 12.3. The molecule has 0 aromatic rings. The third kappa shape index (κ3) is 10.0. The van der Waals surface area contributed by atoms with Gasteiger partial charge in [-0.15, -0.1) is 0 Å². The minimum Gasteiger partial charge on any atom is -0.311 e. The van der Waals surface area contributed by atoms with Crippen LogP contribution in [0.2, 0.25) is 0 Å². The van der Waals surface area contributed by atoms with Gasteiger partial charge in [-0.3, -0.25) is 0 Å². The standard InChI is InChI=1S/C11H22F3N/c1-9(2,3)8-10(4,5)15-7-6-11(12,13)14/h15H,6-8H2,1-5H3. The summed E-state index contributed by atoms with van der Waals surface area (Å²) in [5.74, 6) is 0. The Bertz CT molecular complexity index is 189. The molecule has 0 radical (unpaired) electrons.